The fourth-order valence-corrected chi connectivity index (χ4v) is 3.01. The molecule has 9 heteroatoms. The predicted octanol–water partition coefficient (Wildman–Crippen LogP) is 2.63. The topological polar surface area (TPSA) is 105 Å². The molecule has 4 amide bonds. The molecule has 1 atom stereocenters. The van der Waals surface area contributed by atoms with E-state index in [0.717, 1.165) is 17.7 Å². The second-order valence-corrected chi connectivity index (χ2v) is 7.29. The summed E-state index contributed by atoms with van der Waals surface area (Å²) in [5, 5.41) is 5.71. The summed E-state index contributed by atoms with van der Waals surface area (Å²) >= 11 is 5.99. The first-order valence-corrected chi connectivity index (χ1v) is 9.40. The van der Waals surface area contributed by atoms with Gasteiger partial charge in [0.25, 0.3) is 11.8 Å². The van der Waals surface area contributed by atoms with Crippen LogP contribution in [-0.4, -0.2) is 47.4 Å². The number of esters is 1. The van der Waals surface area contributed by atoms with Crippen LogP contribution in [-0.2, 0) is 19.1 Å². The van der Waals surface area contributed by atoms with Gasteiger partial charge in [-0.3, -0.25) is 19.3 Å². The summed E-state index contributed by atoms with van der Waals surface area (Å²) < 4.78 is 4.90. The van der Waals surface area contributed by atoms with Crippen LogP contribution in [0.3, 0.4) is 0 Å². The van der Waals surface area contributed by atoms with Crippen LogP contribution in [0.1, 0.15) is 38.7 Å². The van der Waals surface area contributed by atoms with Crippen LogP contribution in [0.25, 0.3) is 0 Å². The molecule has 0 saturated carbocycles. The molecule has 0 aliphatic carbocycles. The molecule has 1 aromatic carbocycles. The predicted molar refractivity (Wildman–Crippen MR) is 104 cm³/mol. The second-order valence-electron chi connectivity index (χ2n) is 6.88. The molecule has 1 saturated heterocycles. The molecule has 28 heavy (non-hydrogen) atoms. The van der Waals surface area contributed by atoms with E-state index in [1.807, 2.05) is 6.92 Å². The van der Waals surface area contributed by atoms with Crippen molar-refractivity contribution >= 4 is 41.1 Å². The Morgan fingerprint density at radius 1 is 1.32 bits per heavy atom. The number of carbonyl (C=O) groups excluding carboxylic acids is 4. The number of rotatable bonds is 8. The summed E-state index contributed by atoms with van der Waals surface area (Å²) in [4.78, 5) is 49.3. The number of hydrogen-bond donors (Lipinski definition) is 2. The molecule has 0 spiro atoms. The van der Waals surface area contributed by atoms with E-state index in [1.54, 1.807) is 32.0 Å². The lowest BCUT2D eigenvalue weighted by Crippen LogP contribution is -2.44. The van der Waals surface area contributed by atoms with E-state index in [-0.39, 0.29) is 0 Å². The van der Waals surface area contributed by atoms with Crippen LogP contribution < -0.4 is 10.6 Å². The highest BCUT2D eigenvalue weighted by Gasteiger charge is 2.47. The minimum Gasteiger partial charge on any atom is -0.454 e. The summed E-state index contributed by atoms with van der Waals surface area (Å²) in [6, 6.07) is 4.41. The molecule has 1 heterocycles. The SMILES string of the molecule is CCCC[C@]1(C)NC(=O)N(CC(=O)OCC(=O)Nc2cccc(Cl)c2C)C1=O. The van der Waals surface area contributed by atoms with Crippen molar-refractivity contribution in [2.45, 2.75) is 45.6 Å². The molecule has 0 bridgehead atoms. The molecule has 0 aromatic heterocycles. The maximum Gasteiger partial charge on any atom is 0.326 e. The number of amides is 4. The highest BCUT2D eigenvalue weighted by atomic mass is 35.5. The Labute approximate surface area is 168 Å². The molecule has 0 radical (unpaired) electrons. The van der Waals surface area contributed by atoms with E-state index in [1.165, 1.54) is 0 Å². The number of ether oxygens (including phenoxy) is 1. The largest absolute Gasteiger partial charge is 0.454 e. The zero-order valence-electron chi connectivity index (χ0n) is 16.1. The number of carbonyl (C=O) groups is 4. The molecular formula is C19H24ClN3O5. The Morgan fingerprint density at radius 2 is 2.04 bits per heavy atom. The van der Waals surface area contributed by atoms with Crippen LogP contribution in [0, 0.1) is 6.92 Å². The monoisotopic (exact) mass is 409 g/mol. The third-order valence-electron chi connectivity index (χ3n) is 4.57. The van der Waals surface area contributed by atoms with Gasteiger partial charge in [0.2, 0.25) is 0 Å². The fraction of sp³-hybridized carbons (Fsp3) is 0.474. The number of imide groups is 1. The standard InChI is InChI=1S/C19H24ClN3O5/c1-4-5-9-19(3)17(26)23(18(27)22-19)10-16(25)28-11-15(24)21-14-8-6-7-13(20)12(14)2/h6-8H,4-5,9-11H2,1-3H3,(H,21,24)(H,22,27)/t19-/m0/s1. The molecule has 2 rings (SSSR count). The number of benzene rings is 1. The number of hydrogen-bond acceptors (Lipinski definition) is 5. The molecule has 2 N–H and O–H groups in total. The van der Waals surface area contributed by atoms with Crippen molar-refractivity contribution in [3.63, 3.8) is 0 Å². The van der Waals surface area contributed by atoms with Crippen molar-refractivity contribution in [3.8, 4) is 0 Å². The Hall–Kier alpha value is -2.61. The number of halogens is 1. The Morgan fingerprint density at radius 3 is 2.71 bits per heavy atom. The maximum absolute atomic E-state index is 12.5. The minimum atomic E-state index is -1.02. The molecule has 0 unspecified atom stereocenters. The average Bonchev–Trinajstić information content (AvgIpc) is 2.85. The highest BCUT2D eigenvalue weighted by molar-refractivity contribution is 6.31. The van der Waals surface area contributed by atoms with Crippen LogP contribution in [0.2, 0.25) is 5.02 Å². The van der Waals surface area contributed by atoms with E-state index >= 15 is 0 Å². The van der Waals surface area contributed by atoms with Gasteiger partial charge in [0, 0.05) is 10.7 Å². The quantitative estimate of drug-likeness (QED) is 0.507. The lowest BCUT2D eigenvalue weighted by atomic mass is 9.95. The smallest absolute Gasteiger partial charge is 0.326 e. The average molecular weight is 410 g/mol. The van der Waals surface area contributed by atoms with Gasteiger partial charge in [-0.1, -0.05) is 37.4 Å². The van der Waals surface area contributed by atoms with Gasteiger partial charge in [0.05, 0.1) is 0 Å². The molecule has 8 nitrogen and oxygen atoms in total. The third kappa shape index (κ3) is 5.01. The van der Waals surface area contributed by atoms with Crippen molar-refractivity contribution in [2.24, 2.45) is 0 Å². The third-order valence-corrected chi connectivity index (χ3v) is 4.98. The normalized spacial score (nSPS) is 18.8. The zero-order chi connectivity index (χ0) is 20.9. The number of unbranched alkanes of at least 4 members (excludes halogenated alkanes) is 1. The van der Waals surface area contributed by atoms with Gasteiger partial charge < -0.3 is 15.4 Å². The van der Waals surface area contributed by atoms with Crippen LogP contribution in [0.5, 0.6) is 0 Å². The van der Waals surface area contributed by atoms with Crippen molar-refractivity contribution in [3.05, 3.63) is 28.8 Å². The molecular weight excluding hydrogens is 386 g/mol. The van der Waals surface area contributed by atoms with E-state index in [2.05, 4.69) is 10.6 Å². The van der Waals surface area contributed by atoms with Crippen LogP contribution in [0.15, 0.2) is 18.2 Å². The minimum absolute atomic E-state index is 0.470. The van der Waals surface area contributed by atoms with E-state index in [9.17, 15) is 19.2 Å². The first-order valence-electron chi connectivity index (χ1n) is 9.02. The maximum atomic E-state index is 12.5. The second kappa shape index (κ2) is 9.05. The highest BCUT2D eigenvalue weighted by Crippen LogP contribution is 2.24. The fourth-order valence-electron chi connectivity index (χ4n) is 2.84. The van der Waals surface area contributed by atoms with Crippen molar-refractivity contribution < 1.29 is 23.9 Å². The lowest BCUT2D eigenvalue weighted by Gasteiger charge is -2.21. The molecule has 1 aromatic rings. The van der Waals surface area contributed by atoms with Gasteiger partial charge in [-0.15, -0.1) is 0 Å². The van der Waals surface area contributed by atoms with E-state index in [4.69, 9.17) is 16.3 Å². The molecule has 1 aliphatic heterocycles. The van der Waals surface area contributed by atoms with Gasteiger partial charge in [0.1, 0.15) is 12.1 Å². The molecule has 1 fully saturated rings. The van der Waals surface area contributed by atoms with Gasteiger partial charge in [-0.2, -0.15) is 0 Å². The van der Waals surface area contributed by atoms with E-state index < -0.39 is 42.5 Å². The van der Waals surface area contributed by atoms with Crippen molar-refractivity contribution in [1.29, 1.82) is 0 Å². The van der Waals surface area contributed by atoms with Gasteiger partial charge in [-0.25, -0.2) is 4.79 Å². The Kier molecular flexibility index (Phi) is 7.01. The summed E-state index contributed by atoms with van der Waals surface area (Å²) in [5.74, 6) is -1.87. The Balaban J connectivity index is 1.87. The summed E-state index contributed by atoms with van der Waals surface area (Å²) in [6.45, 7) is 4.28. The summed E-state index contributed by atoms with van der Waals surface area (Å²) in [5.41, 5.74) is 0.179. The van der Waals surface area contributed by atoms with Crippen LogP contribution >= 0.6 is 11.6 Å². The van der Waals surface area contributed by atoms with Gasteiger partial charge in [-0.05, 0) is 38.0 Å². The lowest BCUT2D eigenvalue weighted by molar-refractivity contribution is -0.150. The number of nitrogens with one attached hydrogen (secondary N) is 2. The van der Waals surface area contributed by atoms with E-state index in [0.29, 0.717) is 22.7 Å². The van der Waals surface area contributed by atoms with Crippen LogP contribution in [0.4, 0.5) is 10.5 Å². The summed E-state index contributed by atoms with van der Waals surface area (Å²) in [7, 11) is 0. The van der Waals surface area contributed by atoms with Crippen molar-refractivity contribution in [1.82, 2.24) is 10.2 Å². The van der Waals surface area contributed by atoms with Gasteiger partial charge >= 0.3 is 12.0 Å². The summed E-state index contributed by atoms with van der Waals surface area (Å²) in [6.07, 6.45) is 2.13. The molecule has 1 aliphatic rings. The number of nitrogens with zero attached hydrogens (tertiary/aromatic N) is 1. The first kappa shape index (κ1) is 21.7. The number of anilines is 1. The Bertz CT molecular complexity index is 798. The number of urea groups is 1. The molecule has 152 valence electrons. The first-order chi connectivity index (χ1) is 13.2. The van der Waals surface area contributed by atoms with Crippen molar-refractivity contribution in [2.75, 3.05) is 18.5 Å². The zero-order valence-corrected chi connectivity index (χ0v) is 16.9. The van der Waals surface area contributed by atoms with Gasteiger partial charge in [0.15, 0.2) is 6.61 Å².